The third-order valence-corrected chi connectivity index (χ3v) is 6.70. The summed E-state index contributed by atoms with van der Waals surface area (Å²) in [5.41, 5.74) is -4.26. The van der Waals surface area contributed by atoms with Crippen LogP contribution in [0.4, 0.5) is 4.79 Å². The van der Waals surface area contributed by atoms with Crippen molar-refractivity contribution in [1.82, 2.24) is 16.0 Å². The molecule has 2 rings (SSSR count). The fourth-order valence-corrected chi connectivity index (χ4v) is 4.56. The van der Waals surface area contributed by atoms with E-state index in [-0.39, 0.29) is 54.1 Å². The summed E-state index contributed by atoms with van der Waals surface area (Å²) in [6, 6.07) is 3.15. The van der Waals surface area contributed by atoms with Crippen LogP contribution in [0.5, 0.6) is 5.75 Å². The molecule has 1 saturated heterocycles. The summed E-state index contributed by atoms with van der Waals surface area (Å²) in [4.78, 5) is 37.8. The maximum Gasteiger partial charge on any atom is 1.00 e. The van der Waals surface area contributed by atoms with Gasteiger partial charge >= 0.3 is 35.7 Å². The zero-order valence-corrected chi connectivity index (χ0v) is 26.1. The molecule has 3 amide bonds. The third-order valence-electron chi connectivity index (χ3n) is 5.54. The van der Waals surface area contributed by atoms with E-state index >= 15 is 0 Å². The van der Waals surface area contributed by atoms with Gasteiger partial charge in [-0.05, 0) is 57.2 Å². The zero-order chi connectivity index (χ0) is 30.5. The van der Waals surface area contributed by atoms with Gasteiger partial charge in [-0.15, -0.1) is 0 Å². The summed E-state index contributed by atoms with van der Waals surface area (Å²) >= 11 is 5.94. The summed E-state index contributed by atoms with van der Waals surface area (Å²) < 4.78 is 61.8. The largest absolute Gasteiger partial charge is 1.00 e. The van der Waals surface area contributed by atoms with Crippen molar-refractivity contribution in [3.05, 3.63) is 29.3 Å². The number of nitrogens with one attached hydrogen (secondary N) is 3. The Morgan fingerprint density at radius 2 is 2.00 bits per heavy atom. The van der Waals surface area contributed by atoms with Crippen molar-refractivity contribution in [2.24, 2.45) is 11.8 Å². The molecule has 4 N–H and O–H groups in total. The number of rotatable bonds is 13. The van der Waals surface area contributed by atoms with Crippen molar-refractivity contribution >= 4 is 39.6 Å². The first-order chi connectivity index (χ1) is 18.3. The Morgan fingerprint density at radius 3 is 2.54 bits per heavy atom. The molecule has 0 aromatic heterocycles. The van der Waals surface area contributed by atoms with Crippen molar-refractivity contribution in [3.63, 3.8) is 0 Å². The maximum absolute atomic E-state index is 13.1. The molecule has 1 fully saturated rings. The molecule has 1 aromatic carbocycles. The number of benzene rings is 1. The molecule has 1 heterocycles. The van der Waals surface area contributed by atoms with E-state index in [1.165, 1.54) is 26.0 Å². The number of carbonyl (C=O) groups excluding carboxylic acids is 3. The molecule has 0 bridgehead atoms. The summed E-state index contributed by atoms with van der Waals surface area (Å²) in [7, 11) is -5.27. The molecule has 1 aromatic rings. The van der Waals surface area contributed by atoms with Crippen LogP contribution in [0.15, 0.2) is 24.3 Å². The van der Waals surface area contributed by atoms with E-state index in [2.05, 4.69) is 16.0 Å². The van der Waals surface area contributed by atoms with Gasteiger partial charge in [-0.1, -0.05) is 31.5 Å². The molecule has 1 aliphatic rings. The first kappa shape index (κ1) is 31.9. The number of amides is 3. The van der Waals surface area contributed by atoms with E-state index in [0.717, 1.165) is 0 Å². The molecule has 1 aliphatic heterocycles. The first-order valence-corrected chi connectivity index (χ1v) is 13.8. The number of aliphatic hydroxyl groups excluding tert-OH is 1. The van der Waals surface area contributed by atoms with E-state index in [0.29, 0.717) is 18.0 Å². The van der Waals surface area contributed by atoms with Crippen LogP contribution in [-0.4, -0.2) is 72.2 Å². The van der Waals surface area contributed by atoms with Gasteiger partial charge in [-0.3, -0.25) is 9.59 Å². The smallest absolute Gasteiger partial charge is 0.746 e. The average molecular weight is 602 g/mol. The minimum atomic E-state index is -5.27. The van der Waals surface area contributed by atoms with Crippen molar-refractivity contribution in [1.29, 1.82) is 0 Å². The topological polar surface area (TPSA) is 183 Å². The summed E-state index contributed by atoms with van der Waals surface area (Å²) in [5.74, 6) is -2.11. The molecule has 0 saturated carbocycles. The van der Waals surface area contributed by atoms with Gasteiger partial charge in [0.1, 0.15) is 34.1 Å². The molecule has 214 valence electrons. The van der Waals surface area contributed by atoms with Gasteiger partial charge in [-0.2, -0.15) is 0 Å². The molecule has 15 heteroatoms. The first-order valence-electron chi connectivity index (χ1n) is 13.0. The number of hydrogen-bond donors (Lipinski definition) is 4. The molecule has 4 atom stereocenters. The fourth-order valence-electron chi connectivity index (χ4n) is 3.80. The van der Waals surface area contributed by atoms with E-state index in [9.17, 15) is 32.5 Å². The van der Waals surface area contributed by atoms with Crippen LogP contribution in [0.25, 0.3) is 0 Å². The van der Waals surface area contributed by atoms with Gasteiger partial charge in [0.2, 0.25) is 11.8 Å². The van der Waals surface area contributed by atoms with Gasteiger partial charge in [0, 0.05) is 17.5 Å². The molecule has 39 heavy (non-hydrogen) atoms. The van der Waals surface area contributed by atoms with Crippen LogP contribution >= 0.6 is 11.6 Å². The Morgan fingerprint density at radius 1 is 1.33 bits per heavy atom. The monoisotopic (exact) mass is 601 g/mol. The standard InChI is InChI=1S/C24H36ClN3O9S.Na/c1-14(2)10-18(28-23(32)36-13-24(3,4)37-17-7-5-6-16(25)12-17)21(30)27-19(22(31)38(33,34)35)11-15-8-9-26-20(15)29;/h5-7,12,14-15,18-19,22,31H,8-11,13H2,1-4H3,(H,26,29)(H,27,30)(H,28,32)(H,33,34,35);/q;+1/p-1/t15-,18-,19-,22?;/m0./s1/i13D2;. The second-order valence-electron chi connectivity index (χ2n) is 9.90. The molecule has 0 aliphatic carbocycles. The molecule has 1 unspecified atom stereocenters. The van der Waals surface area contributed by atoms with E-state index in [1.54, 1.807) is 26.0 Å². The van der Waals surface area contributed by atoms with Crippen molar-refractivity contribution < 1.29 is 74.2 Å². The fraction of sp³-hybridized carbons (Fsp3) is 0.625. The zero-order valence-electron chi connectivity index (χ0n) is 24.5. The van der Waals surface area contributed by atoms with Gasteiger partial charge in [-0.25, -0.2) is 13.2 Å². The minimum Gasteiger partial charge on any atom is -0.746 e. The predicted molar refractivity (Wildman–Crippen MR) is 137 cm³/mol. The van der Waals surface area contributed by atoms with Crippen LogP contribution < -0.4 is 50.2 Å². The number of alkyl carbamates (subject to hydrolysis) is 1. The molecule has 0 spiro atoms. The summed E-state index contributed by atoms with van der Waals surface area (Å²) in [6.07, 6.45) is -1.35. The number of halogens is 1. The van der Waals surface area contributed by atoms with Crippen molar-refractivity contribution in [2.75, 3.05) is 13.1 Å². The van der Waals surface area contributed by atoms with Gasteiger partial charge in [0.15, 0.2) is 5.44 Å². The van der Waals surface area contributed by atoms with Crippen LogP contribution in [0.1, 0.15) is 49.7 Å². The number of ether oxygens (including phenoxy) is 2. The van der Waals surface area contributed by atoms with Gasteiger partial charge in [0.25, 0.3) is 0 Å². The van der Waals surface area contributed by atoms with E-state index in [1.807, 2.05) is 0 Å². The molecular formula is C24H35ClN3NaO9S. The number of hydrogen-bond acceptors (Lipinski definition) is 9. The Bertz CT molecular complexity index is 1190. The average Bonchev–Trinajstić information content (AvgIpc) is 3.20. The summed E-state index contributed by atoms with van der Waals surface area (Å²) in [6.45, 7) is 3.73. The van der Waals surface area contributed by atoms with Crippen LogP contribution in [0.2, 0.25) is 5.02 Å². The van der Waals surface area contributed by atoms with Crippen LogP contribution in [0.3, 0.4) is 0 Å². The molecule has 0 radical (unpaired) electrons. The molecule has 12 nitrogen and oxygen atoms in total. The summed E-state index contributed by atoms with van der Waals surface area (Å²) in [5, 5.41) is 17.5. The minimum absolute atomic E-state index is 0. The Labute approximate surface area is 258 Å². The van der Waals surface area contributed by atoms with E-state index < -0.39 is 63.6 Å². The van der Waals surface area contributed by atoms with Gasteiger partial charge in [0.05, 0.1) is 8.78 Å². The predicted octanol–water partition coefficient (Wildman–Crippen LogP) is -1.48. The van der Waals surface area contributed by atoms with E-state index in [4.69, 9.17) is 23.8 Å². The quantitative estimate of drug-likeness (QED) is 0.155. The maximum atomic E-state index is 13.1. The SMILES string of the molecule is [2H]C([2H])(OC(=O)N[C@@H](CC(C)C)C(=O)N[C@@H](C[C@@H]1CCNC1=O)C(O)S(=O)(=O)[O-])C(C)(C)Oc1cccc(Cl)c1.[Na+]. The number of carbonyl (C=O) groups is 3. The Kier molecular flexibility index (Phi) is 12.6. The normalized spacial score (nSPS) is 19.0. The van der Waals surface area contributed by atoms with Crippen molar-refractivity contribution in [3.8, 4) is 5.75 Å². The second-order valence-corrected chi connectivity index (χ2v) is 11.8. The van der Waals surface area contributed by atoms with Crippen LogP contribution in [0, 0.1) is 11.8 Å². The Hall–Kier alpha value is -1.61. The molecular weight excluding hydrogens is 565 g/mol. The Balaban J connectivity index is 0.00000840. The van der Waals surface area contributed by atoms with Crippen LogP contribution in [-0.2, 0) is 24.4 Å². The second kappa shape index (κ2) is 15.4. The van der Waals surface area contributed by atoms with Gasteiger partial charge < -0.3 is 35.1 Å². The van der Waals surface area contributed by atoms with Crippen molar-refractivity contribution in [2.45, 2.75) is 70.1 Å². The number of aliphatic hydroxyl groups is 1. The third kappa shape index (κ3) is 12.2.